The van der Waals surface area contributed by atoms with Crippen LogP contribution in [0.2, 0.25) is 5.02 Å². The van der Waals surface area contributed by atoms with Crippen molar-refractivity contribution in [3.05, 3.63) is 108 Å². The van der Waals surface area contributed by atoms with Gasteiger partial charge in [0.1, 0.15) is 6.61 Å². The van der Waals surface area contributed by atoms with E-state index in [1.165, 1.54) is 17.0 Å². The van der Waals surface area contributed by atoms with Gasteiger partial charge in [-0.2, -0.15) is 0 Å². The maximum atomic E-state index is 12.8. The minimum atomic E-state index is -0.462. The molecular weight excluding hydrogens is 568 g/mol. The Kier molecular flexibility index (Phi) is 8.45. The summed E-state index contributed by atoms with van der Waals surface area (Å²) in [6.07, 6.45) is 3.11. The Labute approximate surface area is 225 Å². The summed E-state index contributed by atoms with van der Waals surface area (Å²) in [5.74, 6) is 0.0880. The normalized spacial score (nSPS) is 14.5. The average molecular weight is 588 g/mol. The van der Waals surface area contributed by atoms with Crippen LogP contribution in [0.25, 0.3) is 6.08 Å². The molecule has 1 saturated heterocycles. The molecule has 0 aliphatic carbocycles. The SMILES string of the molecule is O=C1S/C(=C/c2cc(Cl)c(OCc3ccc([N+](=O)[O-])cc3)c(Br)c2)C(=O)N1CCCc1ccccc1. The van der Waals surface area contributed by atoms with E-state index in [0.29, 0.717) is 38.7 Å². The molecule has 7 nitrogen and oxygen atoms in total. The van der Waals surface area contributed by atoms with Crippen LogP contribution in [-0.4, -0.2) is 27.5 Å². The molecule has 0 spiro atoms. The van der Waals surface area contributed by atoms with Crippen LogP contribution in [0.3, 0.4) is 0 Å². The molecule has 36 heavy (non-hydrogen) atoms. The first-order chi connectivity index (χ1) is 17.3. The van der Waals surface area contributed by atoms with Crippen molar-refractivity contribution in [2.75, 3.05) is 6.54 Å². The highest BCUT2D eigenvalue weighted by Crippen LogP contribution is 2.38. The molecule has 1 aliphatic heterocycles. The predicted molar refractivity (Wildman–Crippen MR) is 144 cm³/mol. The first-order valence-electron chi connectivity index (χ1n) is 11.0. The summed E-state index contributed by atoms with van der Waals surface area (Å²) in [5, 5.41) is 10.8. The van der Waals surface area contributed by atoms with E-state index >= 15 is 0 Å². The molecule has 3 aromatic rings. The monoisotopic (exact) mass is 586 g/mol. The highest BCUT2D eigenvalue weighted by molar-refractivity contribution is 9.10. The predicted octanol–water partition coefficient (Wildman–Crippen LogP) is 7.26. The Bertz CT molecular complexity index is 1310. The van der Waals surface area contributed by atoms with Crippen molar-refractivity contribution in [3.63, 3.8) is 0 Å². The number of nitrogens with zero attached hydrogens (tertiary/aromatic N) is 2. The maximum absolute atomic E-state index is 12.8. The number of nitro groups is 1. The Morgan fingerprint density at radius 3 is 2.44 bits per heavy atom. The number of hydrogen-bond donors (Lipinski definition) is 0. The first kappa shape index (κ1) is 25.9. The van der Waals surface area contributed by atoms with Gasteiger partial charge in [0.2, 0.25) is 0 Å². The summed E-state index contributed by atoms with van der Waals surface area (Å²) < 4.78 is 6.39. The molecular formula is C26H20BrClN2O5S. The summed E-state index contributed by atoms with van der Waals surface area (Å²) in [7, 11) is 0. The number of benzene rings is 3. The Morgan fingerprint density at radius 2 is 1.78 bits per heavy atom. The van der Waals surface area contributed by atoms with Crippen molar-refractivity contribution >= 4 is 62.2 Å². The molecule has 0 saturated carbocycles. The summed E-state index contributed by atoms with van der Waals surface area (Å²) >= 11 is 10.8. The van der Waals surface area contributed by atoms with Crippen LogP contribution in [0.5, 0.6) is 5.75 Å². The third kappa shape index (κ3) is 6.34. The number of halogens is 2. The lowest BCUT2D eigenvalue weighted by Crippen LogP contribution is -2.29. The van der Waals surface area contributed by atoms with Gasteiger partial charge in [-0.15, -0.1) is 0 Å². The number of amides is 2. The number of aryl methyl sites for hydroxylation is 1. The van der Waals surface area contributed by atoms with E-state index in [-0.39, 0.29) is 23.4 Å². The zero-order valence-corrected chi connectivity index (χ0v) is 22.0. The van der Waals surface area contributed by atoms with Crippen LogP contribution >= 0.6 is 39.3 Å². The Hall–Kier alpha value is -3.14. The topological polar surface area (TPSA) is 89.7 Å². The number of hydrogen-bond acceptors (Lipinski definition) is 6. The Morgan fingerprint density at radius 1 is 1.06 bits per heavy atom. The molecule has 184 valence electrons. The molecule has 2 amide bonds. The fourth-order valence-corrected chi connectivity index (χ4v) is 5.45. The van der Waals surface area contributed by atoms with Gasteiger partial charge >= 0.3 is 0 Å². The largest absolute Gasteiger partial charge is 0.486 e. The smallest absolute Gasteiger partial charge is 0.293 e. The van der Waals surface area contributed by atoms with Gasteiger partial charge in [-0.25, -0.2) is 0 Å². The zero-order valence-electron chi connectivity index (χ0n) is 18.9. The quantitative estimate of drug-likeness (QED) is 0.149. The van der Waals surface area contributed by atoms with Gasteiger partial charge in [0.25, 0.3) is 16.8 Å². The van der Waals surface area contributed by atoms with Crippen LogP contribution in [0.4, 0.5) is 10.5 Å². The van der Waals surface area contributed by atoms with Crippen molar-refractivity contribution in [1.29, 1.82) is 0 Å². The zero-order chi connectivity index (χ0) is 25.7. The summed E-state index contributed by atoms with van der Waals surface area (Å²) in [5.41, 5.74) is 2.55. The molecule has 0 bridgehead atoms. The van der Waals surface area contributed by atoms with Crippen LogP contribution in [0, 0.1) is 10.1 Å². The second-order valence-corrected chi connectivity index (χ2v) is 10.2. The van der Waals surface area contributed by atoms with Crippen LogP contribution in [0.15, 0.2) is 76.1 Å². The second-order valence-electron chi connectivity index (χ2n) is 7.95. The summed E-state index contributed by atoms with van der Waals surface area (Å²) in [6.45, 7) is 0.522. The van der Waals surface area contributed by atoms with Crippen molar-refractivity contribution in [1.82, 2.24) is 4.90 Å². The van der Waals surface area contributed by atoms with E-state index in [0.717, 1.165) is 29.3 Å². The van der Waals surface area contributed by atoms with E-state index in [1.54, 1.807) is 30.3 Å². The maximum Gasteiger partial charge on any atom is 0.293 e. The van der Waals surface area contributed by atoms with E-state index in [1.807, 2.05) is 30.3 Å². The third-order valence-corrected chi connectivity index (χ3v) is 7.19. The van der Waals surface area contributed by atoms with Crippen LogP contribution in [0.1, 0.15) is 23.1 Å². The lowest BCUT2D eigenvalue weighted by atomic mass is 10.1. The Balaban J connectivity index is 1.40. The number of carbonyl (C=O) groups is 2. The fourth-order valence-electron chi connectivity index (χ4n) is 3.60. The van der Waals surface area contributed by atoms with Crippen molar-refractivity contribution in [2.45, 2.75) is 19.4 Å². The van der Waals surface area contributed by atoms with Crippen LogP contribution in [-0.2, 0) is 17.8 Å². The number of rotatable bonds is 9. The van der Waals surface area contributed by atoms with Gasteiger partial charge in [0, 0.05) is 18.7 Å². The highest BCUT2D eigenvalue weighted by atomic mass is 79.9. The summed E-state index contributed by atoms with van der Waals surface area (Å²) in [4.78, 5) is 37.2. The van der Waals surface area contributed by atoms with E-state index in [9.17, 15) is 19.7 Å². The van der Waals surface area contributed by atoms with Crippen molar-refractivity contribution < 1.29 is 19.2 Å². The van der Waals surface area contributed by atoms with E-state index in [4.69, 9.17) is 16.3 Å². The molecule has 1 heterocycles. The molecule has 0 aromatic heterocycles. The molecule has 0 atom stereocenters. The lowest BCUT2D eigenvalue weighted by Gasteiger charge is -2.12. The standard InChI is InChI=1S/C26H20BrClN2O5S/c27-21-13-19(14-22(28)24(21)35-16-18-8-10-20(11-9-18)30(33)34)15-23-25(31)29(26(32)36-23)12-4-7-17-5-2-1-3-6-17/h1-3,5-6,8-11,13-15H,4,7,12,16H2/b23-15+. The summed E-state index contributed by atoms with van der Waals surface area (Å²) in [6, 6.07) is 19.4. The molecule has 0 radical (unpaired) electrons. The molecule has 4 rings (SSSR count). The minimum Gasteiger partial charge on any atom is -0.486 e. The number of non-ortho nitro benzene ring substituents is 1. The molecule has 10 heteroatoms. The molecule has 3 aromatic carbocycles. The van der Waals surface area contributed by atoms with E-state index in [2.05, 4.69) is 15.9 Å². The van der Waals surface area contributed by atoms with Gasteiger partial charge in [-0.1, -0.05) is 41.9 Å². The number of imide groups is 1. The number of carbonyl (C=O) groups excluding carboxylic acids is 2. The number of nitro benzene ring substituents is 1. The van der Waals surface area contributed by atoms with Gasteiger partial charge in [-0.3, -0.25) is 24.6 Å². The first-order valence-corrected chi connectivity index (χ1v) is 12.9. The minimum absolute atomic E-state index is 0.00271. The third-order valence-electron chi connectivity index (χ3n) is 5.41. The van der Waals surface area contributed by atoms with E-state index < -0.39 is 4.92 Å². The number of thioether (sulfide) groups is 1. The van der Waals surface area contributed by atoms with Crippen molar-refractivity contribution in [3.8, 4) is 5.75 Å². The molecule has 0 N–H and O–H groups in total. The fraction of sp³-hybridized carbons (Fsp3) is 0.154. The van der Waals surface area contributed by atoms with Gasteiger partial charge in [0.15, 0.2) is 5.75 Å². The molecule has 0 unspecified atom stereocenters. The average Bonchev–Trinajstić information content (AvgIpc) is 3.11. The second kappa shape index (κ2) is 11.7. The van der Waals surface area contributed by atoms with Gasteiger partial charge in [0.05, 0.1) is 19.3 Å². The highest BCUT2D eigenvalue weighted by Gasteiger charge is 2.34. The van der Waals surface area contributed by atoms with Crippen LogP contribution < -0.4 is 4.74 Å². The number of ether oxygens (including phenoxy) is 1. The van der Waals surface area contributed by atoms with Gasteiger partial charge < -0.3 is 4.74 Å². The lowest BCUT2D eigenvalue weighted by molar-refractivity contribution is -0.384. The van der Waals surface area contributed by atoms with Gasteiger partial charge in [-0.05, 0) is 87.6 Å². The molecule has 1 aliphatic rings. The molecule has 1 fully saturated rings. The van der Waals surface area contributed by atoms with Crippen molar-refractivity contribution in [2.24, 2.45) is 0 Å².